The first kappa shape index (κ1) is 21.4. The molecule has 0 bridgehead atoms. The van der Waals surface area contributed by atoms with Gasteiger partial charge in [-0.3, -0.25) is 4.79 Å². The fourth-order valence-electron chi connectivity index (χ4n) is 2.90. The Kier molecular flexibility index (Phi) is 7.80. The first-order valence-electron chi connectivity index (χ1n) is 9.62. The second-order valence-corrected chi connectivity index (χ2v) is 7.84. The number of unbranched alkanes of at least 4 members (excludes halogenated alkanes) is 1. The van der Waals surface area contributed by atoms with Crippen LogP contribution in [0.15, 0.2) is 23.0 Å². The molecule has 0 aliphatic rings. The highest BCUT2D eigenvalue weighted by molar-refractivity contribution is 7.80. The van der Waals surface area contributed by atoms with E-state index in [0.29, 0.717) is 11.7 Å². The van der Waals surface area contributed by atoms with Crippen LogP contribution >= 0.6 is 12.2 Å². The zero-order chi connectivity index (χ0) is 20.0. The largest absolute Gasteiger partial charge is 0.363 e. The Balaban J connectivity index is 2.26. The molecule has 2 N–H and O–H groups in total. The van der Waals surface area contributed by atoms with Gasteiger partial charge in [0.15, 0.2) is 5.11 Å². The third-order valence-electron chi connectivity index (χ3n) is 4.81. The number of thiocarbonyl (C=S) groups is 1. The first-order valence-corrected chi connectivity index (χ1v) is 10.0. The van der Waals surface area contributed by atoms with E-state index in [2.05, 4.69) is 46.9 Å². The van der Waals surface area contributed by atoms with Crippen molar-refractivity contribution < 1.29 is 0 Å². The third kappa shape index (κ3) is 6.04. The fourth-order valence-corrected chi connectivity index (χ4v) is 3.16. The maximum absolute atomic E-state index is 12.6. The van der Waals surface area contributed by atoms with Crippen molar-refractivity contribution in [2.45, 2.75) is 40.2 Å². The molecule has 0 aliphatic heterocycles. The molecular formula is C21H32N4OS. The lowest BCUT2D eigenvalue weighted by atomic mass is 10.0. The van der Waals surface area contributed by atoms with Gasteiger partial charge >= 0.3 is 0 Å². The van der Waals surface area contributed by atoms with Gasteiger partial charge in [-0.2, -0.15) is 0 Å². The lowest BCUT2D eigenvalue weighted by molar-refractivity contribution is 0.322. The number of aryl methyl sites for hydroxylation is 2. The number of aromatic amines is 1. The van der Waals surface area contributed by atoms with E-state index in [4.69, 9.17) is 12.2 Å². The molecule has 6 heteroatoms. The summed E-state index contributed by atoms with van der Waals surface area (Å²) in [6, 6.07) is 6.17. The SMILES string of the molecule is CCCCNC(=S)N(CCN(C)C)Cc1cc2cc(C)c(C)cc2[nH]c1=O. The molecule has 0 saturated carbocycles. The van der Waals surface area contributed by atoms with E-state index in [1.807, 2.05) is 26.2 Å². The average Bonchev–Trinajstić information content (AvgIpc) is 2.60. The molecular weight excluding hydrogens is 356 g/mol. The lowest BCUT2D eigenvalue weighted by Gasteiger charge is -2.27. The Labute approximate surface area is 167 Å². The van der Waals surface area contributed by atoms with Crippen molar-refractivity contribution in [2.24, 2.45) is 0 Å². The normalized spacial score (nSPS) is 11.2. The van der Waals surface area contributed by atoms with Crippen LogP contribution < -0.4 is 10.9 Å². The van der Waals surface area contributed by atoms with Crippen LogP contribution in [-0.4, -0.2) is 53.6 Å². The second-order valence-electron chi connectivity index (χ2n) is 7.46. The van der Waals surface area contributed by atoms with Gasteiger partial charge in [0.05, 0.1) is 6.54 Å². The molecule has 1 aromatic carbocycles. The number of benzene rings is 1. The molecule has 5 nitrogen and oxygen atoms in total. The summed E-state index contributed by atoms with van der Waals surface area (Å²) in [6.07, 6.45) is 2.20. The minimum Gasteiger partial charge on any atom is -0.363 e. The molecule has 27 heavy (non-hydrogen) atoms. The number of likely N-dealkylation sites (N-methyl/N-ethyl adjacent to an activating group) is 1. The summed E-state index contributed by atoms with van der Waals surface area (Å²) < 4.78 is 0. The van der Waals surface area contributed by atoms with E-state index in [1.54, 1.807) is 0 Å². The zero-order valence-electron chi connectivity index (χ0n) is 17.2. The summed E-state index contributed by atoms with van der Waals surface area (Å²) in [6.45, 7) is 9.33. The molecule has 2 rings (SSSR count). The van der Waals surface area contributed by atoms with Crippen molar-refractivity contribution in [2.75, 3.05) is 33.7 Å². The molecule has 148 valence electrons. The van der Waals surface area contributed by atoms with Crippen LogP contribution in [-0.2, 0) is 6.54 Å². The van der Waals surface area contributed by atoms with Crippen molar-refractivity contribution in [3.63, 3.8) is 0 Å². The van der Waals surface area contributed by atoms with E-state index in [0.717, 1.165) is 48.9 Å². The molecule has 0 radical (unpaired) electrons. The number of hydrogen-bond acceptors (Lipinski definition) is 3. The third-order valence-corrected chi connectivity index (χ3v) is 5.21. The van der Waals surface area contributed by atoms with Gasteiger partial charge < -0.3 is 20.1 Å². The van der Waals surface area contributed by atoms with Crippen LogP contribution in [0.1, 0.15) is 36.5 Å². The standard InChI is InChI=1S/C21H32N4OS/c1-6-7-8-22-21(27)25(10-9-24(4)5)14-18-13-17-11-15(2)16(3)12-19(17)23-20(18)26/h11-13H,6-10,14H2,1-5H3,(H,22,27)(H,23,26). The van der Waals surface area contributed by atoms with Crippen molar-refractivity contribution in [1.29, 1.82) is 0 Å². The van der Waals surface area contributed by atoms with Gasteiger partial charge in [0, 0.05) is 30.7 Å². The summed E-state index contributed by atoms with van der Waals surface area (Å²) in [5.74, 6) is 0. The molecule has 0 saturated heterocycles. The highest BCUT2D eigenvalue weighted by Crippen LogP contribution is 2.17. The molecule has 0 fully saturated rings. The van der Waals surface area contributed by atoms with Gasteiger partial charge in [0.1, 0.15) is 0 Å². The van der Waals surface area contributed by atoms with Crippen molar-refractivity contribution in [1.82, 2.24) is 20.1 Å². The minimum atomic E-state index is -0.0445. The van der Waals surface area contributed by atoms with E-state index >= 15 is 0 Å². The topological polar surface area (TPSA) is 51.4 Å². The second kappa shape index (κ2) is 9.85. The quantitative estimate of drug-likeness (QED) is 0.537. The van der Waals surface area contributed by atoms with Crippen LogP contribution in [0, 0.1) is 13.8 Å². The smallest absolute Gasteiger partial charge is 0.253 e. The first-order chi connectivity index (χ1) is 12.8. The number of fused-ring (bicyclic) bond motifs is 1. The molecule has 2 aromatic rings. The summed E-state index contributed by atoms with van der Waals surface area (Å²) in [4.78, 5) is 19.9. The fraction of sp³-hybridized carbons (Fsp3) is 0.524. The van der Waals surface area contributed by atoms with Gasteiger partial charge in [-0.1, -0.05) is 13.3 Å². The van der Waals surface area contributed by atoms with Crippen molar-refractivity contribution in [3.05, 3.63) is 45.2 Å². The van der Waals surface area contributed by atoms with Gasteiger partial charge in [0.2, 0.25) is 0 Å². The highest BCUT2D eigenvalue weighted by Gasteiger charge is 2.14. The number of pyridine rings is 1. The van der Waals surface area contributed by atoms with E-state index in [-0.39, 0.29) is 5.56 Å². The van der Waals surface area contributed by atoms with E-state index in [9.17, 15) is 4.79 Å². The minimum absolute atomic E-state index is 0.0445. The summed E-state index contributed by atoms with van der Waals surface area (Å²) in [5.41, 5.74) is 3.98. The zero-order valence-corrected chi connectivity index (χ0v) is 18.0. The maximum atomic E-state index is 12.6. The number of nitrogens with one attached hydrogen (secondary N) is 2. The Hall–Kier alpha value is -1.92. The number of rotatable bonds is 8. The maximum Gasteiger partial charge on any atom is 0.253 e. The monoisotopic (exact) mass is 388 g/mol. The average molecular weight is 389 g/mol. The van der Waals surface area contributed by atoms with Crippen molar-refractivity contribution in [3.8, 4) is 0 Å². The van der Waals surface area contributed by atoms with Gasteiger partial charge in [-0.25, -0.2) is 0 Å². The molecule has 0 atom stereocenters. The predicted molar refractivity (Wildman–Crippen MR) is 119 cm³/mol. The number of nitrogens with zero attached hydrogens (tertiary/aromatic N) is 2. The van der Waals surface area contributed by atoms with Gasteiger partial charge in [-0.05, 0) is 81.3 Å². The lowest BCUT2D eigenvalue weighted by Crippen LogP contribution is -2.43. The molecule has 1 heterocycles. The Morgan fingerprint density at radius 2 is 1.85 bits per heavy atom. The number of aromatic nitrogens is 1. The number of hydrogen-bond donors (Lipinski definition) is 2. The summed E-state index contributed by atoms with van der Waals surface area (Å²) in [7, 11) is 4.08. The van der Waals surface area contributed by atoms with Crippen LogP contribution in [0.3, 0.4) is 0 Å². The van der Waals surface area contributed by atoms with Gasteiger partial charge in [0.25, 0.3) is 5.56 Å². The Morgan fingerprint density at radius 1 is 1.15 bits per heavy atom. The molecule has 0 aliphatic carbocycles. The van der Waals surface area contributed by atoms with Crippen LogP contribution in [0.2, 0.25) is 0 Å². The number of H-pyrrole nitrogens is 1. The predicted octanol–water partition coefficient (Wildman–Crippen LogP) is 3.18. The van der Waals surface area contributed by atoms with E-state index < -0.39 is 0 Å². The van der Waals surface area contributed by atoms with Crippen LogP contribution in [0.5, 0.6) is 0 Å². The van der Waals surface area contributed by atoms with Crippen LogP contribution in [0.4, 0.5) is 0 Å². The van der Waals surface area contributed by atoms with Crippen molar-refractivity contribution >= 4 is 28.2 Å². The summed E-state index contributed by atoms with van der Waals surface area (Å²) >= 11 is 5.60. The molecule has 0 unspecified atom stereocenters. The summed E-state index contributed by atoms with van der Waals surface area (Å²) in [5, 5.41) is 5.10. The van der Waals surface area contributed by atoms with E-state index in [1.165, 1.54) is 11.1 Å². The Bertz CT molecular complexity index is 844. The molecule has 0 amide bonds. The van der Waals surface area contributed by atoms with Crippen LogP contribution in [0.25, 0.3) is 10.9 Å². The molecule has 1 aromatic heterocycles. The van der Waals surface area contributed by atoms with Gasteiger partial charge in [-0.15, -0.1) is 0 Å². The highest BCUT2D eigenvalue weighted by atomic mass is 32.1. The Morgan fingerprint density at radius 3 is 2.52 bits per heavy atom. The molecule has 0 spiro atoms.